The Hall–Kier alpha value is -2.04. The van der Waals surface area contributed by atoms with Gasteiger partial charge in [0.1, 0.15) is 5.75 Å². The summed E-state index contributed by atoms with van der Waals surface area (Å²) in [5.41, 5.74) is 0.846. The van der Waals surface area contributed by atoms with E-state index in [1.165, 1.54) is 19.1 Å². The molecule has 0 unspecified atom stereocenters. The van der Waals surface area contributed by atoms with Crippen LogP contribution in [0.1, 0.15) is 17.3 Å². The van der Waals surface area contributed by atoms with Crippen LogP contribution in [-0.4, -0.2) is 11.9 Å². The van der Waals surface area contributed by atoms with Crippen LogP contribution >= 0.6 is 23.2 Å². The number of rotatable bonds is 3. The van der Waals surface area contributed by atoms with Crippen LogP contribution in [0.4, 0.5) is 5.69 Å². The molecular formula is C15H11Cl2NO3. The third kappa shape index (κ3) is 4.21. The third-order valence-electron chi connectivity index (χ3n) is 2.54. The predicted octanol–water partition coefficient (Wildman–Crippen LogP) is 4.17. The van der Waals surface area contributed by atoms with Crippen molar-refractivity contribution in [3.8, 4) is 5.75 Å². The highest BCUT2D eigenvalue weighted by molar-refractivity contribution is 6.36. The van der Waals surface area contributed by atoms with Gasteiger partial charge in [-0.25, -0.2) is 4.79 Å². The first-order valence-electron chi connectivity index (χ1n) is 6.00. The van der Waals surface area contributed by atoms with Gasteiger partial charge in [0.05, 0.1) is 10.6 Å². The van der Waals surface area contributed by atoms with Gasteiger partial charge in [0.2, 0.25) is 5.91 Å². The summed E-state index contributed by atoms with van der Waals surface area (Å²) in [6, 6.07) is 10.9. The van der Waals surface area contributed by atoms with Crippen LogP contribution in [0.5, 0.6) is 5.75 Å². The minimum absolute atomic E-state index is 0.173. The lowest BCUT2D eigenvalue weighted by molar-refractivity contribution is -0.114. The number of hydrogen-bond acceptors (Lipinski definition) is 3. The van der Waals surface area contributed by atoms with Crippen LogP contribution in [0.3, 0.4) is 0 Å². The van der Waals surface area contributed by atoms with E-state index in [2.05, 4.69) is 5.32 Å². The Labute approximate surface area is 131 Å². The molecule has 0 radical (unpaired) electrons. The summed E-state index contributed by atoms with van der Waals surface area (Å²) in [6.07, 6.45) is 0. The van der Waals surface area contributed by atoms with E-state index >= 15 is 0 Å². The molecule has 2 rings (SSSR count). The fourth-order valence-corrected chi connectivity index (χ4v) is 2.11. The van der Waals surface area contributed by atoms with Gasteiger partial charge in [0.15, 0.2) is 0 Å². The molecule has 0 fully saturated rings. The van der Waals surface area contributed by atoms with E-state index in [9.17, 15) is 9.59 Å². The Kier molecular flexibility index (Phi) is 4.83. The van der Waals surface area contributed by atoms with E-state index in [4.69, 9.17) is 27.9 Å². The van der Waals surface area contributed by atoms with Gasteiger partial charge in [-0.3, -0.25) is 4.79 Å². The number of benzene rings is 2. The van der Waals surface area contributed by atoms with E-state index in [1.807, 2.05) is 0 Å². The van der Waals surface area contributed by atoms with Gasteiger partial charge in [0.25, 0.3) is 0 Å². The molecule has 0 heterocycles. The smallest absolute Gasteiger partial charge is 0.345 e. The molecule has 4 nitrogen and oxygen atoms in total. The number of carbonyl (C=O) groups excluding carboxylic acids is 2. The molecule has 0 aliphatic carbocycles. The number of anilines is 1. The van der Waals surface area contributed by atoms with Crippen molar-refractivity contribution in [2.75, 3.05) is 5.32 Å². The first-order chi connectivity index (χ1) is 9.95. The highest BCUT2D eigenvalue weighted by Gasteiger charge is 2.13. The molecule has 0 atom stereocenters. The maximum atomic E-state index is 12.0. The first kappa shape index (κ1) is 15.4. The zero-order valence-corrected chi connectivity index (χ0v) is 12.5. The number of hydrogen-bond donors (Lipinski definition) is 1. The molecule has 21 heavy (non-hydrogen) atoms. The van der Waals surface area contributed by atoms with Crippen LogP contribution in [-0.2, 0) is 4.79 Å². The predicted molar refractivity (Wildman–Crippen MR) is 82.2 cm³/mol. The average molecular weight is 324 g/mol. The van der Waals surface area contributed by atoms with E-state index in [-0.39, 0.29) is 16.5 Å². The monoisotopic (exact) mass is 323 g/mol. The van der Waals surface area contributed by atoms with Crippen molar-refractivity contribution in [1.82, 2.24) is 0 Å². The molecule has 0 saturated carbocycles. The third-order valence-corrected chi connectivity index (χ3v) is 3.08. The fraction of sp³-hybridized carbons (Fsp3) is 0.0667. The van der Waals surface area contributed by atoms with Crippen LogP contribution in [0.2, 0.25) is 10.0 Å². The maximum Gasteiger partial charge on any atom is 0.345 e. The number of nitrogens with one attached hydrogen (secondary N) is 1. The maximum absolute atomic E-state index is 12.0. The minimum atomic E-state index is -0.580. The van der Waals surface area contributed by atoms with Crippen molar-refractivity contribution in [3.63, 3.8) is 0 Å². The molecule has 6 heteroatoms. The SMILES string of the molecule is CC(=O)Nc1ccc(OC(=O)c2ccc(Cl)cc2Cl)cc1. The summed E-state index contributed by atoms with van der Waals surface area (Å²) in [7, 11) is 0. The second-order valence-electron chi connectivity index (χ2n) is 4.22. The van der Waals surface area contributed by atoms with Gasteiger partial charge in [-0.05, 0) is 42.5 Å². The Morgan fingerprint density at radius 2 is 1.71 bits per heavy atom. The first-order valence-corrected chi connectivity index (χ1v) is 6.76. The molecule has 2 aromatic carbocycles. The molecule has 0 bridgehead atoms. The Bertz CT molecular complexity index is 684. The summed E-state index contributed by atoms with van der Waals surface area (Å²) >= 11 is 11.7. The Morgan fingerprint density at radius 1 is 1.05 bits per heavy atom. The Balaban J connectivity index is 2.10. The lowest BCUT2D eigenvalue weighted by Gasteiger charge is -2.07. The second-order valence-corrected chi connectivity index (χ2v) is 5.06. The number of amides is 1. The molecule has 1 amide bonds. The van der Waals surface area contributed by atoms with Crippen molar-refractivity contribution in [2.45, 2.75) is 6.92 Å². The van der Waals surface area contributed by atoms with E-state index < -0.39 is 5.97 Å². The van der Waals surface area contributed by atoms with Crippen LogP contribution in [0.15, 0.2) is 42.5 Å². The van der Waals surface area contributed by atoms with Crippen molar-refractivity contribution in [2.24, 2.45) is 0 Å². The largest absolute Gasteiger partial charge is 0.423 e. The highest BCUT2D eigenvalue weighted by Crippen LogP contribution is 2.23. The molecule has 0 saturated heterocycles. The average Bonchev–Trinajstić information content (AvgIpc) is 2.40. The number of ether oxygens (including phenoxy) is 1. The summed E-state index contributed by atoms with van der Waals surface area (Å²) in [5, 5.41) is 3.28. The standard InChI is InChI=1S/C15H11Cl2NO3/c1-9(19)18-11-3-5-12(6-4-11)21-15(20)13-7-2-10(16)8-14(13)17/h2-8H,1H3,(H,18,19). The van der Waals surface area contributed by atoms with E-state index in [0.717, 1.165) is 0 Å². The summed E-state index contributed by atoms with van der Waals surface area (Å²) in [6.45, 7) is 1.41. The molecule has 0 aliphatic heterocycles. The Morgan fingerprint density at radius 3 is 2.29 bits per heavy atom. The topological polar surface area (TPSA) is 55.4 Å². The second kappa shape index (κ2) is 6.61. The van der Waals surface area contributed by atoms with Crippen molar-refractivity contribution >= 4 is 40.8 Å². The van der Waals surface area contributed by atoms with Crippen molar-refractivity contribution < 1.29 is 14.3 Å². The van der Waals surface area contributed by atoms with Crippen LogP contribution < -0.4 is 10.1 Å². The summed E-state index contributed by atoms with van der Waals surface area (Å²) in [4.78, 5) is 22.9. The summed E-state index contributed by atoms with van der Waals surface area (Å²) in [5.74, 6) is -0.406. The lowest BCUT2D eigenvalue weighted by Crippen LogP contribution is -2.09. The molecule has 1 N–H and O–H groups in total. The molecule has 108 valence electrons. The molecular weight excluding hydrogens is 313 g/mol. The molecule has 0 aliphatic rings. The summed E-state index contributed by atoms with van der Waals surface area (Å²) < 4.78 is 5.20. The zero-order chi connectivity index (χ0) is 15.4. The molecule has 0 aromatic heterocycles. The highest BCUT2D eigenvalue weighted by atomic mass is 35.5. The minimum Gasteiger partial charge on any atom is -0.423 e. The number of esters is 1. The van der Waals surface area contributed by atoms with Gasteiger partial charge in [-0.1, -0.05) is 23.2 Å². The number of carbonyl (C=O) groups is 2. The van der Waals surface area contributed by atoms with E-state index in [1.54, 1.807) is 30.3 Å². The van der Waals surface area contributed by atoms with Gasteiger partial charge in [-0.2, -0.15) is 0 Å². The van der Waals surface area contributed by atoms with Gasteiger partial charge in [0, 0.05) is 17.6 Å². The van der Waals surface area contributed by atoms with Crippen molar-refractivity contribution in [1.29, 1.82) is 0 Å². The molecule has 0 spiro atoms. The van der Waals surface area contributed by atoms with Gasteiger partial charge >= 0.3 is 5.97 Å². The van der Waals surface area contributed by atoms with Gasteiger partial charge in [-0.15, -0.1) is 0 Å². The lowest BCUT2D eigenvalue weighted by atomic mass is 10.2. The van der Waals surface area contributed by atoms with Gasteiger partial charge < -0.3 is 10.1 Å². The quantitative estimate of drug-likeness (QED) is 0.681. The normalized spacial score (nSPS) is 10.0. The fourth-order valence-electron chi connectivity index (χ4n) is 1.63. The molecule has 2 aromatic rings. The number of halogens is 2. The van der Waals surface area contributed by atoms with Crippen molar-refractivity contribution in [3.05, 3.63) is 58.1 Å². The van der Waals surface area contributed by atoms with Crippen LogP contribution in [0.25, 0.3) is 0 Å². The zero-order valence-electron chi connectivity index (χ0n) is 11.0. The van der Waals surface area contributed by atoms with Crippen LogP contribution in [0, 0.1) is 0 Å². The van der Waals surface area contributed by atoms with E-state index in [0.29, 0.717) is 16.5 Å².